The third kappa shape index (κ3) is 2.93. The normalized spacial score (nSPS) is 15.3. The summed E-state index contributed by atoms with van der Waals surface area (Å²) in [6.45, 7) is 0.776. The minimum atomic E-state index is 0.228. The molecule has 1 aromatic rings. The molecule has 3 heteroatoms. The van der Waals surface area contributed by atoms with Gasteiger partial charge in [0.1, 0.15) is 0 Å². The van der Waals surface area contributed by atoms with E-state index in [1.807, 2.05) is 12.1 Å². The van der Waals surface area contributed by atoms with Crippen molar-refractivity contribution in [2.24, 2.45) is 0 Å². The van der Waals surface area contributed by atoms with Crippen molar-refractivity contribution in [1.82, 2.24) is 5.32 Å². The fraction of sp³-hybridized carbons (Fsp3) is 0.250. The van der Waals surface area contributed by atoms with Crippen molar-refractivity contribution in [3.05, 3.63) is 46.1 Å². The third-order valence-corrected chi connectivity index (χ3v) is 2.88. The van der Waals surface area contributed by atoms with Crippen LogP contribution < -0.4 is 5.32 Å². The Balaban J connectivity index is 1.93. The number of benzene rings is 1. The number of allylic oxidation sites excluding steroid dienone is 2. The van der Waals surface area contributed by atoms with Crippen LogP contribution in [0.25, 0.3) is 0 Å². The lowest BCUT2D eigenvalue weighted by Gasteiger charge is -2.06. The number of ketones is 1. The van der Waals surface area contributed by atoms with Crippen molar-refractivity contribution in [2.45, 2.75) is 19.4 Å². The Morgan fingerprint density at radius 2 is 2.20 bits per heavy atom. The molecule has 0 amide bonds. The first-order chi connectivity index (χ1) is 7.24. The molecule has 1 aliphatic rings. The van der Waals surface area contributed by atoms with Crippen LogP contribution in [0.4, 0.5) is 0 Å². The van der Waals surface area contributed by atoms with Crippen molar-refractivity contribution >= 4 is 21.7 Å². The first-order valence-electron chi connectivity index (χ1n) is 4.96. The molecule has 0 spiro atoms. The maximum absolute atomic E-state index is 11.0. The molecule has 0 unspecified atom stereocenters. The lowest BCUT2D eigenvalue weighted by Crippen LogP contribution is -2.10. The van der Waals surface area contributed by atoms with E-state index in [4.69, 9.17) is 0 Å². The molecule has 2 nitrogen and oxygen atoms in total. The molecule has 0 bridgehead atoms. The first-order valence-corrected chi connectivity index (χ1v) is 5.75. The van der Waals surface area contributed by atoms with Crippen LogP contribution in [-0.4, -0.2) is 5.78 Å². The average Bonchev–Trinajstić information content (AvgIpc) is 2.62. The van der Waals surface area contributed by atoms with Crippen LogP contribution in [0.5, 0.6) is 0 Å². The standard InChI is InChI=1S/C12H12BrNO/c13-10-3-1-2-9(6-10)8-14-11-4-5-12(15)7-11/h1-3,6-7,14H,4-5,8H2. The predicted octanol–water partition coefficient (Wildman–Crippen LogP) is 2.79. The van der Waals surface area contributed by atoms with Gasteiger partial charge in [-0.3, -0.25) is 4.79 Å². The smallest absolute Gasteiger partial charge is 0.157 e. The zero-order valence-electron chi connectivity index (χ0n) is 8.29. The van der Waals surface area contributed by atoms with Crippen LogP contribution in [0.15, 0.2) is 40.5 Å². The Labute approximate surface area is 97.5 Å². The van der Waals surface area contributed by atoms with Crippen LogP contribution in [-0.2, 0) is 11.3 Å². The maximum atomic E-state index is 11.0. The van der Waals surface area contributed by atoms with E-state index in [1.165, 1.54) is 5.56 Å². The fourth-order valence-electron chi connectivity index (χ4n) is 1.60. The highest BCUT2D eigenvalue weighted by Crippen LogP contribution is 2.14. The second kappa shape index (κ2) is 4.62. The largest absolute Gasteiger partial charge is 0.384 e. The number of nitrogens with one attached hydrogen (secondary N) is 1. The number of carbonyl (C=O) groups excluding carboxylic acids is 1. The highest BCUT2D eigenvalue weighted by molar-refractivity contribution is 9.10. The molecular weight excluding hydrogens is 254 g/mol. The summed E-state index contributed by atoms with van der Waals surface area (Å²) in [5.74, 6) is 0.228. The van der Waals surface area contributed by atoms with Gasteiger partial charge in [0.05, 0.1) is 0 Å². The first kappa shape index (κ1) is 10.4. The van der Waals surface area contributed by atoms with Crippen molar-refractivity contribution in [3.63, 3.8) is 0 Å². The minimum absolute atomic E-state index is 0.228. The zero-order chi connectivity index (χ0) is 10.7. The Morgan fingerprint density at radius 3 is 2.87 bits per heavy atom. The van der Waals surface area contributed by atoms with Gasteiger partial charge in [0, 0.05) is 29.2 Å². The lowest BCUT2D eigenvalue weighted by molar-refractivity contribution is -0.114. The molecule has 78 valence electrons. The predicted molar refractivity (Wildman–Crippen MR) is 63.3 cm³/mol. The second-order valence-corrected chi connectivity index (χ2v) is 4.54. The summed E-state index contributed by atoms with van der Waals surface area (Å²) in [5.41, 5.74) is 2.27. The van der Waals surface area contributed by atoms with Crippen molar-refractivity contribution < 1.29 is 4.79 Å². The molecule has 0 aliphatic heterocycles. The Hall–Kier alpha value is -1.09. The van der Waals surface area contributed by atoms with Gasteiger partial charge < -0.3 is 5.32 Å². The molecular formula is C12H12BrNO. The molecule has 1 N–H and O–H groups in total. The van der Waals surface area contributed by atoms with E-state index in [1.54, 1.807) is 6.08 Å². The molecule has 0 saturated carbocycles. The average molecular weight is 266 g/mol. The molecule has 0 heterocycles. The van der Waals surface area contributed by atoms with Crippen LogP contribution in [0.3, 0.4) is 0 Å². The Morgan fingerprint density at radius 1 is 1.33 bits per heavy atom. The molecule has 0 radical (unpaired) electrons. The monoisotopic (exact) mass is 265 g/mol. The quantitative estimate of drug-likeness (QED) is 0.911. The van der Waals surface area contributed by atoms with E-state index in [-0.39, 0.29) is 5.78 Å². The molecule has 0 atom stereocenters. The second-order valence-electron chi connectivity index (χ2n) is 3.62. The highest BCUT2D eigenvalue weighted by atomic mass is 79.9. The van der Waals surface area contributed by atoms with Crippen molar-refractivity contribution in [2.75, 3.05) is 0 Å². The zero-order valence-corrected chi connectivity index (χ0v) is 9.88. The summed E-state index contributed by atoms with van der Waals surface area (Å²) >= 11 is 3.43. The van der Waals surface area contributed by atoms with Crippen molar-refractivity contribution in [3.8, 4) is 0 Å². The number of rotatable bonds is 3. The molecule has 0 fully saturated rings. The van der Waals surface area contributed by atoms with Crippen LogP contribution >= 0.6 is 15.9 Å². The summed E-state index contributed by atoms with van der Waals surface area (Å²) in [6.07, 6.45) is 3.21. The van der Waals surface area contributed by atoms with E-state index in [9.17, 15) is 4.79 Å². The Kier molecular flexibility index (Phi) is 3.21. The van der Waals surface area contributed by atoms with Gasteiger partial charge in [-0.1, -0.05) is 28.1 Å². The Bertz CT molecular complexity index is 412. The third-order valence-electron chi connectivity index (χ3n) is 2.38. The van der Waals surface area contributed by atoms with E-state index in [0.29, 0.717) is 6.42 Å². The van der Waals surface area contributed by atoms with Gasteiger partial charge in [-0.2, -0.15) is 0 Å². The van der Waals surface area contributed by atoms with Gasteiger partial charge in [-0.25, -0.2) is 0 Å². The van der Waals surface area contributed by atoms with Gasteiger partial charge in [0.25, 0.3) is 0 Å². The summed E-state index contributed by atoms with van der Waals surface area (Å²) in [6, 6.07) is 8.15. The number of carbonyl (C=O) groups is 1. The summed E-state index contributed by atoms with van der Waals surface area (Å²) in [7, 11) is 0. The van der Waals surface area contributed by atoms with E-state index >= 15 is 0 Å². The van der Waals surface area contributed by atoms with Crippen LogP contribution in [0.1, 0.15) is 18.4 Å². The summed E-state index contributed by atoms with van der Waals surface area (Å²) < 4.78 is 1.08. The van der Waals surface area contributed by atoms with E-state index < -0.39 is 0 Å². The topological polar surface area (TPSA) is 29.1 Å². The van der Waals surface area contributed by atoms with Gasteiger partial charge in [0.15, 0.2) is 5.78 Å². The van der Waals surface area contributed by atoms with Crippen LogP contribution in [0.2, 0.25) is 0 Å². The molecule has 15 heavy (non-hydrogen) atoms. The molecule has 0 aromatic heterocycles. The molecule has 1 aliphatic carbocycles. The molecule has 0 saturated heterocycles. The van der Waals surface area contributed by atoms with Gasteiger partial charge in [0.2, 0.25) is 0 Å². The SMILES string of the molecule is O=C1C=C(NCc2cccc(Br)c2)CC1. The molecule has 2 rings (SSSR count). The fourth-order valence-corrected chi connectivity index (χ4v) is 2.05. The number of halogens is 1. The van der Waals surface area contributed by atoms with Gasteiger partial charge >= 0.3 is 0 Å². The van der Waals surface area contributed by atoms with E-state index in [2.05, 4.69) is 33.4 Å². The molecule has 1 aromatic carbocycles. The summed E-state index contributed by atoms with van der Waals surface area (Å²) in [5, 5.41) is 3.27. The summed E-state index contributed by atoms with van der Waals surface area (Å²) in [4.78, 5) is 11.0. The van der Waals surface area contributed by atoms with Gasteiger partial charge in [-0.15, -0.1) is 0 Å². The van der Waals surface area contributed by atoms with Crippen LogP contribution in [0, 0.1) is 0 Å². The number of hydrogen-bond donors (Lipinski definition) is 1. The van der Waals surface area contributed by atoms with E-state index in [0.717, 1.165) is 23.1 Å². The maximum Gasteiger partial charge on any atom is 0.157 e. The highest BCUT2D eigenvalue weighted by Gasteiger charge is 2.10. The number of hydrogen-bond acceptors (Lipinski definition) is 2. The lowest BCUT2D eigenvalue weighted by atomic mass is 10.2. The van der Waals surface area contributed by atoms with Crippen molar-refractivity contribution in [1.29, 1.82) is 0 Å². The minimum Gasteiger partial charge on any atom is -0.384 e. The van der Waals surface area contributed by atoms with Gasteiger partial charge in [-0.05, 0) is 24.1 Å².